The Morgan fingerprint density at radius 2 is 1.96 bits per heavy atom. The highest BCUT2D eigenvalue weighted by atomic mass is 16.2. The molecule has 2 aromatic heterocycles. The van der Waals surface area contributed by atoms with Crippen LogP contribution in [-0.4, -0.2) is 48.4 Å². The van der Waals surface area contributed by atoms with E-state index in [1.165, 1.54) is 13.1 Å². The number of ketones is 1. The largest absolute Gasteiger partial charge is 0.364 e. The summed E-state index contributed by atoms with van der Waals surface area (Å²) in [6.45, 7) is 8.41. The van der Waals surface area contributed by atoms with Gasteiger partial charge in [-0.15, -0.1) is 0 Å². The number of carbonyl (C=O) groups is 3. The van der Waals surface area contributed by atoms with E-state index in [9.17, 15) is 14.4 Å². The number of fused-ring (bicyclic) bond motifs is 1. The first-order valence-corrected chi connectivity index (χ1v) is 8.89. The Balaban J connectivity index is 1.72. The van der Waals surface area contributed by atoms with Crippen LogP contribution in [0.5, 0.6) is 0 Å². The molecule has 2 aromatic rings. The van der Waals surface area contributed by atoms with E-state index in [0.717, 1.165) is 5.69 Å². The monoisotopic (exact) mass is 372 g/mol. The Bertz CT molecular complexity index is 926. The molecule has 0 unspecified atom stereocenters. The standard InChI is InChI=1S/C18H24N6O3/c1-10(24-12(3)17(13(4)25)11(2)21-24)7-16(26)22-5-6-23-14(18(19)27)8-20-15(23)9-22/h8,10H,5-7,9H2,1-4H3,(H2,19,27)/t10-/m0/s1. The number of hydrogen-bond donors (Lipinski definition) is 1. The van der Waals surface area contributed by atoms with Crippen molar-refractivity contribution in [2.24, 2.45) is 5.73 Å². The van der Waals surface area contributed by atoms with E-state index >= 15 is 0 Å². The maximum Gasteiger partial charge on any atom is 0.266 e. The number of carbonyl (C=O) groups excluding carboxylic acids is 3. The molecule has 0 saturated carbocycles. The number of hydrogen-bond acceptors (Lipinski definition) is 5. The zero-order valence-corrected chi connectivity index (χ0v) is 16.0. The van der Waals surface area contributed by atoms with Crippen LogP contribution in [0.3, 0.4) is 0 Å². The van der Waals surface area contributed by atoms with Gasteiger partial charge < -0.3 is 15.2 Å². The number of nitrogens with zero attached hydrogens (tertiary/aromatic N) is 5. The van der Waals surface area contributed by atoms with E-state index in [2.05, 4.69) is 10.1 Å². The topological polar surface area (TPSA) is 116 Å². The number of rotatable bonds is 5. The van der Waals surface area contributed by atoms with Crippen molar-refractivity contribution in [2.75, 3.05) is 6.54 Å². The van der Waals surface area contributed by atoms with E-state index in [1.54, 1.807) is 21.1 Å². The van der Waals surface area contributed by atoms with Crippen LogP contribution in [0.15, 0.2) is 6.20 Å². The summed E-state index contributed by atoms with van der Waals surface area (Å²) < 4.78 is 3.51. The van der Waals surface area contributed by atoms with Gasteiger partial charge in [0.05, 0.1) is 30.0 Å². The Morgan fingerprint density at radius 3 is 2.56 bits per heavy atom. The highest BCUT2D eigenvalue weighted by molar-refractivity contribution is 5.96. The number of aromatic nitrogens is 4. The maximum atomic E-state index is 12.8. The van der Waals surface area contributed by atoms with Crippen molar-refractivity contribution >= 4 is 17.6 Å². The van der Waals surface area contributed by atoms with Gasteiger partial charge in [-0.2, -0.15) is 5.10 Å². The van der Waals surface area contributed by atoms with Crippen LogP contribution in [0.25, 0.3) is 0 Å². The molecular weight excluding hydrogens is 348 g/mol. The summed E-state index contributed by atoms with van der Waals surface area (Å²) in [5.41, 5.74) is 7.78. The fourth-order valence-corrected chi connectivity index (χ4v) is 3.74. The molecule has 1 aliphatic heterocycles. The van der Waals surface area contributed by atoms with Crippen LogP contribution < -0.4 is 5.73 Å². The summed E-state index contributed by atoms with van der Waals surface area (Å²) in [7, 11) is 0. The molecule has 0 fully saturated rings. The van der Waals surface area contributed by atoms with Crippen molar-refractivity contribution in [3.05, 3.63) is 34.7 Å². The van der Waals surface area contributed by atoms with Crippen molar-refractivity contribution in [2.45, 2.75) is 53.2 Å². The summed E-state index contributed by atoms with van der Waals surface area (Å²) in [5.74, 6) is 0.0891. The van der Waals surface area contributed by atoms with Gasteiger partial charge in [-0.1, -0.05) is 0 Å². The van der Waals surface area contributed by atoms with Crippen molar-refractivity contribution in [1.29, 1.82) is 0 Å². The van der Waals surface area contributed by atoms with Crippen LogP contribution in [-0.2, 0) is 17.9 Å². The molecule has 0 radical (unpaired) electrons. The number of aryl methyl sites for hydroxylation is 1. The van der Waals surface area contributed by atoms with Gasteiger partial charge in [0, 0.05) is 25.2 Å². The van der Waals surface area contributed by atoms with E-state index in [1.807, 2.05) is 13.8 Å². The molecule has 144 valence electrons. The van der Waals surface area contributed by atoms with Gasteiger partial charge in [0.2, 0.25) is 5.91 Å². The van der Waals surface area contributed by atoms with Gasteiger partial charge in [0.25, 0.3) is 5.91 Å². The average molecular weight is 372 g/mol. The molecule has 2 N–H and O–H groups in total. The smallest absolute Gasteiger partial charge is 0.266 e. The molecule has 3 heterocycles. The average Bonchev–Trinajstić information content (AvgIpc) is 3.14. The second kappa shape index (κ2) is 6.98. The molecule has 0 aliphatic carbocycles. The third-order valence-electron chi connectivity index (χ3n) is 5.03. The fourth-order valence-electron chi connectivity index (χ4n) is 3.74. The maximum absolute atomic E-state index is 12.8. The minimum atomic E-state index is -0.520. The molecule has 9 nitrogen and oxygen atoms in total. The van der Waals surface area contributed by atoms with Crippen molar-refractivity contribution in [3.8, 4) is 0 Å². The molecule has 0 spiro atoms. The second-order valence-corrected chi connectivity index (χ2v) is 6.99. The van der Waals surface area contributed by atoms with E-state index in [0.29, 0.717) is 42.4 Å². The summed E-state index contributed by atoms with van der Waals surface area (Å²) in [5, 5.41) is 4.45. The zero-order chi connectivity index (χ0) is 19.9. The third-order valence-corrected chi connectivity index (χ3v) is 5.03. The van der Waals surface area contributed by atoms with Gasteiger partial charge in [0.1, 0.15) is 11.5 Å². The first-order valence-electron chi connectivity index (χ1n) is 8.89. The molecule has 0 aromatic carbocycles. The molecule has 1 aliphatic rings. The van der Waals surface area contributed by atoms with Crippen LogP contribution in [0.2, 0.25) is 0 Å². The Morgan fingerprint density at radius 1 is 1.26 bits per heavy atom. The third kappa shape index (κ3) is 3.36. The summed E-state index contributed by atoms with van der Waals surface area (Å²) in [4.78, 5) is 41.9. The van der Waals surface area contributed by atoms with Crippen LogP contribution in [0, 0.1) is 13.8 Å². The second-order valence-electron chi connectivity index (χ2n) is 6.99. The highest BCUT2D eigenvalue weighted by Gasteiger charge is 2.27. The lowest BCUT2D eigenvalue weighted by molar-refractivity contribution is -0.133. The predicted octanol–water partition coefficient (Wildman–Crippen LogP) is 0.991. The number of imidazole rings is 1. The van der Waals surface area contributed by atoms with Crippen LogP contribution in [0.1, 0.15) is 64.4 Å². The molecule has 27 heavy (non-hydrogen) atoms. The number of Topliss-reactive ketones (excluding diaryl/α,β-unsaturated/α-hetero) is 1. The van der Waals surface area contributed by atoms with Gasteiger partial charge in [-0.25, -0.2) is 4.98 Å². The minimum absolute atomic E-state index is 0.0192. The minimum Gasteiger partial charge on any atom is -0.364 e. The van der Waals surface area contributed by atoms with Crippen molar-refractivity contribution < 1.29 is 14.4 Å². The van der Waals surface area contributed by atoms with Crippen LogP contribution >= 0.6 is 0 Å². The number of amides is 2. The normalized spacial score (nSPS) is 14.7. The van der Waals surface area contributed by atoms with Crippen molar-refractivity contribution in [3.63, 3.8) is 0 Å². The quantitative estimate of drug-likeness (QED) is 0.786. The van der Waals surface area contributed by atoms with Gasteiger partial charge in [0.15, 0.2) is 5.78 Å². The first kappa shape index (κ1) is 18.8. The summed E-state index contributed by atoms with van der Waals surface area (Å²) in [6, 6.07) is -0.174. The lowest BCUT2D eigenvalue weighted by Crippen LogP contribution is -2.40. The van der Waals surface area contributed by atoms with Gasteiger partial charge in [-0.3, -0.25) is 19.1 Å². The fraction of sp³-hybridized carbons (Fsp3) is 0.500. The van der Waals surface area contributed by atoms with E-state index < -0.39 is 5.91 Å². The number of nitrogens with two attached hydrogens (primary N) is 1. The zero-order valence-electron chi connectivity index (χ0n) is 16.0. The summed E-state index contributed by atoms with van der Waals surface area (Å²) >= 11 is 0. The lowest BCUT2D eigenvalue weighted by atomic mass is 10.1. The Hall–Kier alpha value is -2.97. The SMILES string of the molecule is CC(=O)c1c(C)nn([C@@H](C)CC(=O)N2CCn3c(C(N)=O)cnc3C2)c1C. The summed E-state index contributed by atoms with van der Waals surface area (Å²) in [6.07, 6.45) is 1.72. The molecule has 3 rings (SSSR count). The van der Waals surface area contributed by atoms with Gasteiger partial charge >= 0.3 is 0 Å². The Labute approximate surface area is 157 Å². The number of primary amides is 1. The van der Waals surface area contributed by atoms with Crippen LogP contribution in [0.4, 0.5) is 0 Å². The van der Waals surface area contributed by atoms with Gasteiger partial charge in [-0.05, 0) is 27.7 Å². The predicted molar refractivity (Wildman–Crippen MR) is 97.2 cm³/mol. The molecule has 0 bridgehead atoms. The molecule has 9 heteroatoms. The first-order chi connectivity index (χ1) is 12.7. The van der Waals surface area contributed by atoms with E-state index in [4.69, 9.17) is 5.73 Å². The highest BCUT2D eigenvalue weighted by Crippen LogP contribution is 2.22. The molecule has 1 atom stereocenters. The van der Waals surface area contributed by atoms with E-state index in [-0.39, 0.29) is 24.2 Å². The molecular formula is C18H24N6O3. The Kier molecular flexibility index (Phi) is 4.86. The van der Waals surface area contributed by atoms with Crippen molar-refractivity contribution in [1.82, 2.24) is 24.2 Å². The molecule has 0 saturated heterocycles. The molecule has 2 amide bonds. The lowest BCUT2D eigenvalue weighted by Gasteiger charge is -2.29.